The molecule has 154 valence electrons. The summed E-state index contributed by atoms with van der Waals surface area (Å²) in [6.45, 7) is 8.73. The van der Waals surface area contributed by atoms with E-state index in [9.17, 15) is 4.79 Å². The molecule has 1 N–H and O–H groups in total. The summed E-state index contributed by atoms with van der Waals surface area (Å²) in [4.78, 5) is 17.2. The van der Waals surface area contributed by atoms with Crippen molar-refractivity contribution in [1.82, 2.24) is 19.4 Å². The Morgan fingerprint density at radius 3 is 2.53 bits per heavy atom. The molecule has 0 fully saturated rings. The van der Waals surface area contributed by atoms with Crippen molar-refractivity contribution in [2.75, 3.05) is 0 Å². The fraction of sp³-hybridized carbons (Fsp3) is 0.250. The van der Waals surface area contributed by atoms with E-state index in [-0.39, 0.29) is 11.9 Å². The molecule has 1 amide bonds. The quantitative estimate of drug-likeness (QED) is 0.456. The molecular weight excluding hydrogens is 396 g/mol. The molecule has 0 aliphatic carbocycles. The largest absolute Gasteiger partial charge is 0.348 e. The molecule has 0 unspecified atom stereocenters. The highest BCUT2D eigenvalue weighted by atomic mass is 35.5. The molecule has 30 heavy (non-hydrogen) atoms. The molecular formula is C24H25ClN4O. The fourth-order valence-electron chi connectivity index (χ4n) is 3.96. The van der Waals surface area contributed by atoms with Crippen molar-refractivity contribution < 1.29 is 4.79 Å². The number of amides is 1. The minimum absolute atomic E-state index is 0.128. The number of rotatable bonds is 5. The summed E-state index contributed by atoms with van der Waals surface area (Å²) in [6.07, 6.45) is 0. The van der Waals surface area contributed by atoms with Gasteiger partial charge < -0.3 is 14.5 Å². The Morgan fingerprint density at radius 2 is 1.83 bits per heavy atom. The Labute approximate surface area is 181 Å². The standard InChI is InChI=1S/C24H25ClN4O/c1-15(2)28-22-11-10-18(13-21(22)27-24(28)25)23(30)26-14-19-12-16(3)29(17(19)4)20-8-6-5-7-9-20/h5-13,15H,14H2,1-4H3,(H,26,30). The summed E-state index contributed by atoms with van der Waals surface area (Å²) < 4.78 is 4.16. The van der Waals surface area contributed by atoms with Crippen molar-refractivity contribution in [1.29, 1.82) is 0 Å². The van der Waals surface area contributed by atoms with Crippen LogP contribution in [-0.4, -0.2) is 20.0 Å². The van der Waals surface area contributed by atoms with E-state index in [2.05, 4.69) is 60.8 Å². The van der Waals surface area contributed by atoms with Crippen LogP contribution in [0.15, 0.2) is 54.6 Å². The van der Waals surface area contributed by atoms with Crippen molar-refractivity contribution in [3.63, 3.8) is 0 Å². The molecule has 0 saturated carbocycles. The summed E-state index contributed by atoms with van der Waals surface area (Å²) >= 11 is 6.27. The van der Waals surface area contributed by atoms with E-state index in [0.29, 0.717) is 17.4 Å². The van der Waals surface area contributed by atoms with Gasteiger partial charge in [0.25, 0.3) is 5.91 Å². The van der Waals surface area contributed by atoms with Gasteiger partial charge in [0.05, 0.1) is 11.0 Å². The van der Waals surface area contributed by atoms with Gasteiger partial charge in [-0.15, -0.1) is 0 Å². The van der Waals surface area contributed by atoms with Gasteiger partial charge >= 0.3 is 0 Å². The molecule has 0 radical (unpaired) electrons. The lowest BCUT2D eigenvalue weighted by Gasteiger charge is -2.11. The number of fused-ring (bicyclic) bond motifs is 1. The van der Waals surface area contributed by atoms with Crippen LogP contribution in [0.3, 0.4) is 0 Å². The van der Waals surface area contributed by atoms with Crippen LogP contribution >= 0.6 is 11.6 Å². The van der Waals surface area contributed by atoms with Crippen LogP contribution in [0.1, 0.15) is 47.2 Å². The van der Waals surface area contributed by atoms with E-state index in [1.54, 1.807) is 6.07 Å². The number of aryl methyl sites for hydroxylation is 1. The number of para-hydroxylation sites is 1. The van der Waals surface area contributed by atoms with Gasteiger partial charge in [-0.3, -0.25) is 4.79 Å². The van der Waals surface area contributed by atoms with Gasteiger partial charge in [0.15, 0.2) is 0 Å². The molecule has 0 bridgehead atoms. The zero-order valence-electron chi connectivity index (χ0n) is 17.6. The first-order chi connectivity index (χ1) is 14.4. The Kier molecular flexibility index (Phi) is 5.39. The van der Waals surface area contributed by atoms with Gasteiger partial charge in [0.2, 0.25) is 5.28 Å². The van der Waals surface area contributed by atoms with Crippen LogP contribution < -0.4 is 5.32 Å². The van der Waals surface area contributed by atoms with Crippen LogP contribution in [0.4, 0.5) is 0 Å². The Bertz CT molecular complexity index is 1220. The molecule has 5 nitrogen and oxygen atoms in total. The predicted octanol–water partition coefficient (Wildman–Crippen LogP) is 5.61. The number of carbonyl (C=O) groups excluding carboxylic acids is 1. The van der Waals surface area contributed by atoms with Gasteiger partial charge in [-0.2, -0.15) is 0 Å². The Balaban J connectivity index is 1.54. The lowest BCUT2D eigenvalue weighted by molar-refractivity contribution is 0.0951. The van der Waals surface area contributed by atoms with E-state index in [0.717, 1.165) is 33.7 Å². The van der Waals surface area contributed by atoms with Crippen LogP contribution in [0.25, 0.3) is 16.7 Å². The third-order valence-electron chi connectivity index (χ3n) is 5.41. The average molecular weight is 421 g/mol. The van der Waals surface area contributed by atoms with E-state index in [1.807, 2.05) is 34.9 Å². The first-order valence-corrected chi connectivity index (χ1v) is 10.4. The number of halogens is 1. The van der Waals surface area contributed by atoms with Gasteiger partial charge in [-0.25, -0.2) is 4.98 Å². The monoisotopic (exact) mass is 420 g/mol. The van der Waals surface area contributed by atoms with Gasteiger partial charge in [0, 0.05) is 35.2 Å². The fourth-order valence-corrected chi connectivity index (χ4v) is 4.34. The molecule has 2 heterocycles. The molecule has 2 aromatic carbocycles. The first kappa shape index (κ1) is 20.2. The highest BCUT2D eigenvalue weighted by Crippen LogP contribution is 2.25. The normalized spacial score (nSPS) is 11.4. The van der Waals surface area contributed by atoms with Crippen LogP contribution in [0, 0.1) is 13.8 Å². The summed E-state index contributed by atoms with van der Waals surface area (Å²) in [5.41, 5.74) is 6.70. The predicted molar refractivity (Wildman–Crippen MR) is 122 cm³/mol. The first-order valence-electron chi connectivity index (χ1n) is 10.1. The van der Waals surface area contributed by atoms with Gasteiger partial charge in [-0.1, -0.05) is 18.2 Å². The number of hydrogen-bond acceptors (Lipinski definition) is 2. The van der Waals surface area contributed by atoms with Crippen molar-refractivity contribution in [3.05, 3.63) is 82.4 Å². The zero-order chi connectivity index (χ0) is 21.4. The minimum atomic E-state index is -0.128. The number of hydrogen-bond donors (Lipinski definition) is 1. The molecule has 4 rings (SSSR count). The molecule has 0 aliphatic rings. The third kappa shape index (κ3) is 3.61. The summed E-state index contributed by atoms with van der Waals surface area (Å²) in [5.74, 6) is -0.128. The van der Waals surface area contributed by atoms with E-state index < -0.39 is 0 Å². The van der Waals surface area contributed by atoms with Crippen molar-refractivity contribution in [3.8, 4) is 5.69 Å². The van der Waals surface area contributed by atoms with Crippen molar-refractivity contribution >= 4 is 28.5 Å². The van der Waals surface area contributed by atoms with Crippen molar-refractivity contribution in [2.24, 2.45) is 0 Å². The highest BCUT2D eigenvalue weighted by molar-refractivity contribution is 6.29. The maximum atomic E-state index is 12.8. The third-order valence-corrected chi connectivity index (χ3v) is 5.68. The molecule has 4 aromatic rings. The van der Waals surface area contributed by atoms with Crippen LogP contribution in [0.2, 0.25) is 5.28 Å². The molecule has 2 aromatic heterocycles. The molecule has 0 saturated heterocycles. The van der Waals surface area contributed by atoms with Crippen molar-refractivity contribution in [2.45, 2.75) is 40.3 Å². The number of carbonyl (C=O) groups is 1. The summed E-state index contributed by atoms with van der Waals surface area (Å²) in [5, 5.41) is 3.47. The maximum absolute atomic E-state index is 12.8. The van der Waals surface area contributed by atoms with Crippen LogP contribution in [0.5, 0.6) is 0 Å². The SMILES string of the molecule is Cc1cc(CNC(=O)c2ccc3c(c2)nc(Cl)n3C(C)C)c(C)n1-c1ccccc1. The van der Waals surface area contributed by atoms with E-state index in [1.165, 1.54) is 0 Å². The zero-order valence-corrected chi connectivity index (χ0v) is 18.4. The van der Waals surface area contributed by atoms with Crippen LogP contribution in [-0.2, 0) is 6.54 Å². The molecule has 0 atom stereocenters. The minimum Gasteiger partial charge on any atom is -0.348 e. The maximum Gasteiger partial charge on any atom is 0.251 e. The Morgan fingerprint density at radius 1 is 1.10 bits per heavy atom. The topological polar surface area (TPSA) is 51.9 Å². The number of aromatic nitrogens is 3. The van der Waals surface area contributed by atoms with E-state index in [4.69, 9.17) is 11.6 Å². The molecule has 0 aliphatic heterocycles. The second kappa shape index (κ2) is 8.00. The lowest BCUT2D eigenvalue weighted by Crippen LogP contribution is -2.23. The van der Waals surface area contributed by atoms with E-state index >= 15 is 0 Å². The smallest absolute Gasteiger partial charge is 0.251 e. The second-order valence-electron chi connectivity index (χ2n) is 7.80. The van der Waals surface area contributed by atoms with Gasteiger partial charge in [-0.05, 0) is 81.3 Å². The lowest BCUT2D eigenvalue weighted by atomic mass is 10.1. The molecule has 0 spiro atoms. The number of benzene rings is 2. The molecule has 6 heteroatoms. The number of imidazole rings is 1. The second-order valence-corrected chi connectivity index (χ2v) is 8.14. The number of nitrogens with one attached hydrogen (secondary N) is 1. The highest BCUT2D eigenvalue weighted by Gasteiger charge is 2.15. The number of nitrogens with zero attached hydrogens (tertiary/aromatic N) is 3. The summed E-state index contributed by atoms with van der Waals surface area (Å²) in [7, 11) is 0. The Hall–Kier alpha value is -3.05. The summed E-state index contributed by atoms with van der Waals surface area (Å²) in [6, 6.07) is 18.1. The van der Waals surface area contributed by atoms with Gasteiger partial charge in [0.1, 0.15) is 0 Å². The average Bonchev–Trinajstić information content (AvgIpc) is 3.20.